The van der Waals surface area contributed by atoms with Gasteiger partial charge in [0, 0.05) is 14.7 Å². The van der Waals surface area contributed by atoms with Gasteiger partial charge in [-0.2, -0.15) is 0 Å². The quantitative estimate of drug-likeness (QED) is 0.611. The molecule has 0 radical (unpaired) electrons. The predicted octanol–water partition coefficient (Wildman–Crippen LogP) is 2.82. The number of hydrogen-bond acceptors (Lipinski definition) is 3. The summed E-state index contributed by atoms with van der Waals surface area (Å²) in [7, 11) is -3.96. The van der Waals surface area contributed by atoms with E-state index in [0.717, 1.165) is 3.57 Å². The lowest BCUT2D eigenvalue weighted by Crippen LogP contribution is -2.14. The van der Waals surface area contributed by atoms with Crippen LogP contribution in [-0.2, 0) is 10.0 Å². The standard InChI is InChI=1S/C13H9ClINO3S/c14-11-6-3-9(7-12(11)20(16,18)19)13(17)8-1-4-10(15)5-2-8/h1-7H,(H2,16,18,19). The molecule has 0 saturated heterocycles. The van der Waals surface area contributed by atoms with E-state index in [9.17, 15) is 13.2 Å². The number of benzene rings is 2. The summed E-state index contributed by atoms with van der Waals surface area (Å²) in [4.78, 5) is 12.0. The summed E-state index contributed by atoms with van der Waals surface area (Å²) in [6.45, 7) is 0. The number of sulfonamides is 1. The van der Waals surface area contributed by atoms with Crippen LogP contribution in [0.15, 0.2) is 47.4 Å². The van der Waals surface area contributed by atoms with Crippen molar-refractivity contribution in [3.8, 4) is 0 Å². The van der Waals surface area contributed by atoms with Crippen molar-refractivity contribution < 1.29 is 13.2 Å². The topological polar surface area (TPSA) is 77.2 Å². The maximum atomic E-state index is 12.3. The van der Waals surface area contributed by atoms with Crippen LogP contribution in [0.5, 0.6) is 0 Å². The number of primary sulfonamides is 1. The first-order chi connectivity index (χ1) is 9.29. The van der Waals surface area contributed by atoms with Crippen molar-refractivity contribution in [1.82, 2.24) is 0 Å². The Labute approximate surface area is 135 Å². The van der Waals surface area contributed by atoms with Gasteiger partial charge in [-0.1, -0.05) is 11.6 Å². The Morgan fingerprint density at radius 1 is 1.05 bits per heavy atom. The lowest BCUT2D eigenvalue weighted by atomic mass is 10.0. The molecule has 0 saturated carbocycles. The van der Waals surface area contributed by atoms with Crippen molar-refractivity contribution in [1.29, 1.82) is 0 Å². The van der Waals surface area contributed by atoms with E-state index in [1.165, 1.54) is 18.2 Å². The summed E-state index contributed by atoms with van der Waals surface area (Å²) in [6.07, 6.45) is 0. The van der Waals surface area contributed by atoms with Crippen molar-refractivity contribution >= 4 is 50.0 Å². The first kappa shape index (κ1) is 15.4. The lowest BCUT2D eigenvalue weighted by molar-refractivity contribution is 0.103. The minimum Gasteiger partial charge on any atom is -0.289 e. The molecule has 0 aliphatic heterocycles. The fraction of sp³-hybridized carbons (Fsp3) is 0. The molecule has 4 nitrogen and oxygen atoms in total. The van der Waals surface area contributed by atoms with E-state index in [2.05, 4.69) is 22.6 Å². The maximum absolute atomic E-state index is 12.3. The number of carbonyl (C=O) groups is 1. The number of carbonyl (C=O) groups excluding carboxylic acids is 1. The smallest absolute Gasteiger partial charge is 0.239 e. The van der Waals surface area contributed by atoms with Crippen LogP contribution in [0.25, 0.3) is 0 Å². The summed E-state index contributed by atoms with van der Waals surface area (Å²) in [5.74, 6) is -0.289. The number of ketones is 1. The van der Waals surface area contributed by atoms with Crippen LogP contribution in [0, 0.1) is 3.57 Å². The molecule has 2 N–H and O–H groups in total. The third-order valence-electron chi connectivity index (χ3n) is 2.61. The zero-order valence-electron chi connectivity index (χ0n) is 10.0. The summed E-state index contributed by atoms with van der Waals surface area (Å²) < 4.78 is 23.8. The molecular formula is C13H9ClINO3S. The van der Waals surface area contributed by atoms with E-state index in [1.54, 1.807) is 24.3 Å². The van der Waals surface area contributed by atoms with Gasteiger partial charge in [0.05, 0.1) is 5.02 Å². The fourth-order valence-electron chi connectivity index (χ4n) is 1.63. The number of rotatable bonds is 3. The molecule has 0 fully saturated rings. The zero-order valence-corrected chi connectivity index (χ0v) is 13.7. The van der Waals surface area contributed by atoms with E-state index >= 15 is 0 Å². The van der Waals surface area contributed by atoms with Gasteiger partial charge in [-0.15, -0.1) is 0 Å². The van der Waals surface area contributed by atoms with Gasteiger partial charge < -0.3 is 0 Å². The third kappa shape index (κ3) is 3.38. The Balaban J connectivity index is 2.49. The summed E-state index contributed by atoms with van der Waals surface area (Å²) in [5.41, 5.74) is 0.688. The minimum absolute atomic E-state index is 0.00772. The van der Waals surface area contributed by atoms with Gasteiger partial charge >= 0.3 is 0 Å². The summed E-state index contributed by atoms with van der Waals surface area (Å²) in [5, 5.41) is 5.05. The van der Waals surface area contributed by atoms with Crippen molar-refractivity contribution in [2.24, 2.45) is 5.14 Å². The molecule has 2 aromatic rings. The molecule has 0 bridgehead atoms. The van der Waals surface area contributed by atoms with E-state index in [4.69, 9.17) is 16.7 Å². The first-order valence-corrected chi connectivity index (χ1v) is 8.42. The van der Waals surface area contributed by atoms with Crippen LogP contribution in [0.2, 0.25) is 5.02 Å². The molecule has 104 valence electrons. The summed E-state index contributed by atoms with van der Waals surface area (Å²) in [6, 6.07) is 11.0. The van der Waals surface area contributed by atoms with E-state index in [-0.39, 0.29) is 21.3 Å². The molecule has 0 aliphatic rings. The highest BCUT2D eigenvalue weighted by atomic mass is 127. The molecule has 0 unspecified atom stereocenters. The van der Waals surface area contributed by atoms with Crippen molar-refractivity contribution in [3.05, 3.63) is 62.2 Å². The monoisotopic (exact) mass is 421 g/mol. The van der Waals surface area contributed by atoms with Gasteiger partial charge in [0.2, 0.25) is 10.0 Å². The molecule has 20 heavy (non-hydrogen) atoms. The number of hydrogen-bond donors (Lipinski definition) is 1. The molecule has 7 heteroatoms. The van der Waals surface area contributed by atoms with Crippen LogP contribution < -0.4 is 5.14 Å². The van der Waals surface area contributed by atoms with Crippen LogP contribution in [0.3, 0.4) is 0 Å². The average molecular weight is 422 g/mol. The van der Waals surface area contributed by atoms with Gasteiger partial charge in [-0.05, 0) is 65.1 Å². The van der Waals surface area contributed by atoms with Gasteiger partial charge in [-0.25, -0.2) is 13.6 Å². The highest BCUT2D eigenvalue weighted by molar-refractivity contribution is 14.1. The first-order valence-electron chi connectivity index (χ1n) is 5.41. The highest BCUT2D eigenvalue weighted by Gasteiger charge is 2.17. The minimum atomic E-state index is -3.96. The molecule has 0 aliphatic carbocycles. The van der Waals surface area contributed by atoms with Gasteiger partial charge in [0.1, 0.15) is 4.90 Å². The Kier molecular flexibility index (Phi) is 4.48. The predicted molar refractivity (Wildman–Crippen MR) is 85.4 cm³/mol. The molecule has 0 spiro atoms. The maximum Gasteiger partial charge on any atom is 0.239 e. The summed E-state index contributed by atoms with van der Waals surface area (Å²) >= 11 is 7.91. The highest BCUT2D eigenvalue weighted by Crippen LogP contribution is 2.23. The van der Waals surface area contributed by atoms with Gasteiger partial charge in [0.25, 0.3) is 0 Å². The second-order valence-electron chi connectivity index (χ2n) is 4.03. The third-order valence-corrected chi connectivity index (χ3v) is 4.72. The SMILES string of the molecule is NS(=O)(=O)c1cc(C(=O)c2ccc(I)cc2)ccc1Cl. The van der Waals surface area contributed by atoms with E-state index in [1.807, 2.05) is 0 Å². The lowest BCUT2D eigenvalue weighted by Gasteiger charge is -2.06. The molecule has 0 aromatic heterocycles. The number of halogens is 2. The van der Waals surface area contributed by atoms with Crippen molar-refractivity contribution in [2.75, 3.05) is 0 Å². The Bertz CT molecular complexity index is 773. The fourth-order valence-corrected chi connectivity index (χ4v) is 3.06. The molecule has 2 rings (SSSR count). The molecule has 0 atom stereocenters. The molecule has 0 heterocycles. The van der Waals surface area contributed by atoms with Crippen LogP contribution >= 0.6 is 34.2 Å². The van der Waals surface area contributed by atoms with Crippen molar-refractivity contribution in [3.63, 3.8) is 0 Å². The van der Waals surface area contributed by atoms with Crippen LogP contribution in [0.1, 0.15) is 15.9 Å². The van der Waals surface area contributed by atoms with Crippen molar-refractivity contribution in [2.45, 2.75) is 4.90 Å². The van der Waals surface area contributed by atoms with Crippen LogP contribution in [0.4, 0.5) is 0 Å². The van der Waals surface area contributed by atoms with Gasteiger partial charge in [-0.3, -0.25) is 4.79 Å². The Morgan fingerprint density at radius 2 is 1.60 bits per heavy atom. The molecular weight excluding hydrogens is 413 g/mol. The van der Waals surface area contributed by atoms with Crippen LogP contribution in [-0.4, -0.2) is 14.2 Å². The molecule has 0 amide bonds. The Hall–Kier alpha value is -0.960. The van der Waals surface area contributed by atoms with E-state index < -0.39 is 10.0 Å². The second-order valence-corrected chi connectivity index (χ2v) is 7.21. The molecule has 2 aromatic carbocycles. The zero-order chi connectivity index (χ0) is 14.9. The Morgan fingerprint density at radius 3 is 2.15 bits per heavy atom. The largest absolute Gasteiger partial charge is 0.289 e. The average Bonchev–Trinajstić information content (AvgIpc) is 2.38. The van der Waals surface area contributed by atoms with E-state index in [0.29, 0.717) is 5.56 Å². The normalized spacial score (nSPS) is 11.3. The van der Waals surface area contributed by atoms with Gasteiger partial charge in [0.15, 0.2) is 5.78 Å². The number of nitrogens with two attached hydrogens (primary N) is 1. The second kappa shape index (κ2) is 5.80.